The Kier molecular flexibility index (Phi) is 8.52. The van der Waals surface area contributed by atoms with Crippen molar-refractivity contribution in [1.29, 1.82) is 0 Å². The standard InChI is InChI=1S/C33H39N5O5/c1-7-38-27-11-10-23(17-28(27)35(5)31(40)33(3,4)32(38)41)19-36(20-24-9-8-13-34-22(24)2)15-16-37-14-12-29-26(30(37)39)18-25(43-29)21-42-6/h8-14,17-18H,7,15-16,19-21H2,1-6H3. The van der Waals surface area contributed by atoms with Crippen LogP contribution in [-0.2, 0) is 40.6 Å². The van der Waals surface area contributed by atoms with Gasteiger partial charge in [0.1, 0.15) is 23.4 Å². The molecule has 0 fully saturated rings. The summed E-state index contributed by atoms with van der Waals surface area (Å²) in [6, 6.07) is 13.5. The van der Waals surface area contributed by atoms with Crippen LogP contribution in [-0.4, -0.2) is 53.5 Å². The molecule has 10 nitrogen and oxygen atoms in total. The van der Waals surface area contributed by atoms with Gasteiger partial charge in [0.15, 0.2) is 0 Å². The Hall–Kier alpha value is -4.28. The van der Waals surface area contributed by atoms with Crippen LogP contribution in [0.3, 0.4) is 0 Å². The van der Waals surface area contributed by atoms with E-state index in [0.717, 1.165) is 22.5 Å². The van der Waals surface area contributed by atoms with Gasteiger partial charge in [-0.25, -0.2) is 0 Å². The number of benzene rings is 1. The number of anilines is 2. The second-order valence-electron chi connectivity index (χ2n) is 11.6. The Labute approximate surface area is 251 Å². The van der Waals surface area contributed by atoms with Gasteiger partial charge in [-0.3, -0.25) is 24.3 Å². The fourth-order valence-electron chi connectivity index (χ4n) is 5.71. The van der Waals surface area contributed by atoms with Gasteiger partial charge < -0.3 is 23.5 Å². The summed E-state index contributed by atoms with van der Waals surface area (Å²) in [4.78, 5) is 50.0. The van der Waals surface area contributed by atoms with Gasteiger partial charge in [-0.2, -0.15) is 0 Å². The highest BCUT2D eigenvalue weighted by Crippen LogP contribution is 2.39. The number of amides is 2. The van der Waals surface area contributed by atoms with E-state index in [1.54, 1.807) is 60.8 Å². The van der Waals surface area contributed by atoms with Gasteiger partial charge in [-0.05, 0) is 69.2 Å². The predicted octanol–water partition coefficient (Wildman–Crippen LogP) is 4.50. The third-order valence-electron chi connectivity index (χ3n) is 8.20. The van der Waals surface area contributed by atoms with E-state index in [2.05, 4.69) is 16.0 Å². The zero-order valence-electron chi connectivity index (χ0n) is 25.7. The van der Waals surface area contributed by atoms with E-state index in [0.29, 0.717) is 61.7 Å². The van der Waals surface area contributed by atoms with Gasteiger partial charge in [0.05, 0.1) is 16.8 Å². The van der Waals surface area contributed by atoms with Crippen LogP contribution in [0, 0.1) is 12.3 Å². The van der Waals surface area contributed by atoms with Crippen LogP contribution in [0.5, 0.6) is 0 Å². The maximum Gasteiger partial charge on any atom is 0.261 e. The lowest BCUT2D eigenvalue weighted by Crippen LogP contribution is -2.47. The number of hydrogen-bond donors (Lipinski definition) is 0. The Bertz CT molecular complexity index is 1720. The smallest absolute Gasteiger partial charge is 0.261 e. The van der Waals surface area contributed by atoms with Crippen LogP contribution < -0.4 is 15.4 Å². The number of aryl methyl sites for hydroxylation is 1. The molecule has 5 rings (SSSR count). The van der Waals surface area contributed by atoms with Crippen molar-refractivity contribution in [3.05, 3.63) is 87.8 Å². The molecule has 0 atom stereocenters. The lowest BCUT2D eigenvalue weighted by atomic mass is 9.90. The van der Waals surface area contributed by atoms with Crippen molar-refractivity contribution in [2.45, 2.75) is 53.9 Å². The molecule has 1 aliphatic heterocycles. The van der Waals surface area contributed by atoms with E-state index in [1.165, 1.54) is 0 Å². The number of nitrogens with zero attached hydrogens (tertiary/aromatic N) is 5. The summed E-state index contributed by atoms with van der Waals surface area (Å²) in [5.41, 5.74) is 3.72. The molecule has 0 spiro atoms. The van der Waals surface area contributed by atoms with Crippen molar-refractivity contribution in [2.75, 3.05) is 37.0 Å². The maximum atomic E-state index is 13.4. The van der Waals surface area contributed by atoms with E-state index in [4.69, 9.17) is 9.15 Å². The van der Waals surface area contributed by atoms with Crippen LogP contribution in [0.15, 0.2) is 64.1 Å². The minimum Gasteiger partial charge on any atom is -0.458 e. The number of carbonyl (C=O) groups is 2. The first-order valence-electron chi connectivity index (χ1n) is 14.5. The topological polar surface area (TPSA) is 101 Å². The second-order valence-corrected chi connectivity index (χ2v) is 11.6. The molecule has 0 radical (unpaired) electrons. The molecule has 0 N–H and O–H groups in total. The van der Waals surface area contributed by atoms with Crippen molar-refractivity contribution in [3.63, 3.8) is 0 Å². The predicted molar refractivity (Wildman–Crippen MR) is 166 cm³/mol. The average Bonchev–Trinajstić information content (AvgIpc) is 3.39. The monoisotopic (exact) mass is 585 g/mol. The summed E-state index contributed by atoms with van der Waals surface area (Å²) in [6.07, 6.45) is 3.54. The number of aromatic nitrogens is 2. The molecule has 2 amide bonds. The molecular formula is C33H39N5O5. The Morgan fingerprint density at radius 3 is 2.53 bits per heavy atom. The number of ether oxygens (including phenoxy) is 1. The normalized spacial score (nSPS) is 15.0. The zero-order chi connectivity index (χ0) is 30.9. The maximum absolute atomic E-state index is 13.4. The van der Waals surface area contributed by atoms with Crippen LogP contribution >= 0.6 is 0 Å². The number of furan rings is 1. The van der Waals surface area contributed by atoms with Crippen molar-refractivity contribution < 1.29 is 18.7 Å². The van der Waals surface area contributed by atoms with E-state index in [1.807, 2.05) is 44.2 Å². The fourth-order valence-corrected chi connectivity index (χ4v) is 5.71. The molecule has 0 aliphatic carbocycles. The average molecular weight is 586 g/mol. The number of hydrogen-bond acceptors (Lipinski definition) is 7. The molecule has 4 aromatic rings. The molecule has 1 aromatic carbocycles. The minimum atomic E-state index is -1.17. The summed E-state index contributed by atoms with van der Waals surface area (Å²) in [6.45, 7) is 10.3. The zero-order valence-corrected chi connectivity index (χ0v) is 25.7. The van der Waals surface area contributed by atoms with Crippen LogP contribution in [0.1, 0.15) is 43.4 Å². The van der Waals surface area contributed by atoms with Crippen LogP contribution in [0.25, 0.3) is 11.0 Å². The molecule has 0 saturated heterocycles. The number of fused-ring (bicyclic) bond motifs is 2. The molecule has 0 bridgehead atoms. The Balaban J connectivity index is 1.45. The van der Waals surface area contributed by atoms with Gasteiger partial charge in [0.25, 0.3) is 5.56 Å². The van der Waals surface area contributed by atoms with E-state index in [-0.39, 0.29) is 17.4 Å². The lowest BCUT2D eigenvalue weighted by molar-refractivity contribution is -0.137. The first-order chi connectivity index (χ1) is 20.5. The summed E-state index contributed by atoms with van der Waals surface area (Å²) in [5.74, 6) is 0.165. The first-order valence-corrected chi connectivity index (χ1v) is 14.5. The van der Waals surface area contributed by atoms with Crippen LogP contribution in [0.4, 0.5) is 11.4 Å². The highest BCUT2D eigenvalue weighted by molar-refractivity contribution is 6.19. The summed E-state index contributed by atoms with van der Waals surface area (Å²) in [7, 11) is 3.32. The molecule has 43 heavy (non-hydrogen) atoms. The van der Waals surface area contributed by atoms with E-state index < -0.39 is 5.41 Å². The summed E-state index contributed by atoms with van der Waals surface area (Å²) in [5, 5.41) is 0.528. The van der Waals surface area contributed by atoms with E-state index in [9.17, 15) is 14.4 Å². The molecular weight excluding hydrogens is 546 g/mol. The minimum absolute atomic E-state index is 0.113. The Morgan fingerprint density at radius 2 is 1.81 bits per heavy atom. The van der Waals surface area contributed by atoms with Gasteiger partial charge in [0.2, 0.25) is 11.8 Å². The number of pyridine rings is 2. The molecule has 0 unspecified atom stereocenters. The molecule has 1 aliphatic rings. The molecule has 10 heteroatoms. The third kappa shape index (κ3) is 5.85. The molecule has 0 saturated carbocycles. The van der Waals surface area contributed by atoms with E-state index >= 15 is 0 Å². The van der Waals surface area contributed by atoms with Crippen LogP contribution in [0.2, 0.25) is 0 Å². The summed E-state index contributed by atoms with van der Waals surface area (Å²) < 4.78 is 12.6. The number of rotatable bonds is 10. The van der Waals surface area contributed by atoms with Gasteiger partial charge in [-0.15, -0.1) is 0 Å². The lowest BCUT2D eigenvalue weighted by Gasteiger charge is -2.27. The fraction of sp³-hybridized carbons (Fsp3) is 0.394. The second kappa shape index (κ2) is 12.1. The third-order valence-corrected chi connectivity index (χ3v) is 8.20. The quantitative estimate of drug-likeness (QED) is 0.253. The SMILES string of the molecule is CCN1C(=O)C(C)(C)C(=O)N(C)c2cc(CN(CCn3ccc4oc(COC)cc4c3=O)Cc3cccnc3C)ccc21. The number of carbonyl (C=O) groups excluding carboxylic acids is 2. The van der Waals surface area contributed by atoms with Gasteiger partial charge in [-0.1, -0.05) is 12.1 Å². The van der Waals surface area contributed by atoms with Crippen molar-refractivity contribution in [1.82, 2.24) is 14.5 Å². The molecule has 226 valence electrons. The van der Waals surface area contributed by atoms with Crippen molar-refractivity contribution in [2.24, 2.45) is 5.41 Å². The largest absolute Gasteiger partial charge is 0.458 e. The van der Waals surface area contributed by atoms with Crippen molar-refractivity contribution >= 4 is 34.2 Å². The van der Waals surface area contributed by atoms with Gasteiger partial charge in [0, 0.05) is 65.0 Å². The highest BCUT2D eigenvalue weighted by Gasteiger charge is 2.45. The first kappa shape index (κ1) is 30.2. The summed E-state index contributed by atoms with van der Waals surface area (Å²) >= 11 is 0. The molecule has 4 heterocycles. The number of methoxy groups -OCH3 is 1. The highest BCUT2D eigenvalue weighted by atomic mass is 16.5. The molecule has 3 aromatic heterocycles. The van der Waals surface area contributed by atoms with Gasteiger partial charge >= 0.3 is 0 Å². The Morgan fingerprint density at radius 1 is 1.02 bits per heavy atom. The van der Waals surface area contributed by atoms with Crippen molar-refractivity contribution in [3.8, 4) is 0 Å².